The van der Waals surface area contributed by atoms with E-state index in [0.29, 0.717) is 23.4 Å². The number of rotatable bonds is 2. The highest BCUT2D eigenvalue weighted by atomic mass is 35.5. The molecule has 0 bridgehead atoms. The van der Waals surface area contributed by atoms with Gasteiger partial charge in [-0.15, -0.1) is 0 Å². The average Bonchev–Trinajstić information content (AvgIpc) is 2.33. The fourth-order valence-corrected chi connectivity index (χ4v) is 2.92. The molecule has 1 aromatic rings. The van der Waals surface area contributed by atoms with Gasteiger partial charge in [0.05, 0.1) is 5.41 Å². The maximum absolute atomic E-state index is 13.3. The number of hydrogen-bond donors (Lipinski definition) is 1. The highest BCUT2D eigenvalue weighted by molar-refractivity contribution is 6.31. The first-order valence-electron chi connectivity index (χ1n) is 5.75. The van der Waals surface area contributed by atoms with Crippen molar-refractivity contribution in [3.63, 3.8) is 0 Å². The average molecular weight is 257 g/mol. The maximum Gasteiger partial charge on any atom is 0.314 e. The smallest absolute Gasteiger partial charge is 0.314 e. The van der Waals surface area contributed by atoms with Crippen molar-refractivity contribution < 1.29 is 14.3 Å². The second-order valence-corrected chi connectivity index (χ2v) is 4.98. The zero-order chi connectivity index (χ0) is 12.5. The third kappa shape index (κ3) is 2.16. The molecule has 0 aromatic heterocycles. The third-order valence-electron chi connectivity index (χ3n) is 3.56. The van der Waals surface area contributed by atoms with Gasteiger partial charge < -0.3 is 5.11 Å². The molecule has 2 rings (SSSR count). The summed E-state index contributed by atoms with van der Waals surface area (Å²) in [6.45, 7) is 0. The largest absolute Gasteiger partial charge is 0.481 e. The standard InChI is InChI=1S/C13H14ClFO2/c14-11-5-4-9(15)8-10(11)13(12(16)17)6-2-1-3-7-13/h4-5,8H,1-3,6-7H2,(H,16,17). The van der Waals surface area contributed by atoms with Gasteiger partial charge in [-0.05, 0) is 36.6 Å². The van der Waals surface area contributed by atoms with E-state index in [-0.39, 0.29) is 0 Å². The van der Waals surface area contributed by atoms with Crippen LogP contribution in [-0.2, 0) is 10.2 Å². The molecule has 0 radical (unpaired) electrons. The Morgan fingerprint density at radius 3 is 2.53 bits per heavy atom. The minimum Gasteiger partial charge on any atom is -0.481 e. The molecule has 1 saturated carbocycles. The molecule has 4 heteroatoms. The summed E-state index contributed by atoms with van der Waals surface area (Å²) in [4.78, 5) is 11.6. The third-order valence-corrected chi connectivity index (χ3v) is 3.89. The Balaban J connectivity index is 2.52. The lowest BCUT2D eigenvalue weighted by Gasteiger charge is -2.34. The number of aliphatic carboxylic acids is 1. The molecule has 1 aromatic carbocycles. The highest BCUT2D eigenvalue weighted by Crippen LogP contribution is 2.42. The van der Waals surface area contributed by atoms with Crippen molar-refractivity contribution in [1.82, 2.24) is 0 Å². The number of benzene rings is 1. The Kier molecular flexibility index (Phi) is 3.38. The predicted molar refractivity (Wildman–Crippen MR) is 63.8 cm³/mol. The summed E-state index contributed by atoms with van der Waals surface area (Å²) in [6, 6.07) is 3.96. The molecule has 1 fully saturated rings. The molecule has 17 heavy (non-hydrogen) atoms. The highest BCUT2D eigenvalue weighted by Gasteiger charge is 2.42. The van der Waals surface area contributed by atoms with Gasteiger partial charge >= 0.3 is 5.97 Å². The van der Waals surface area contributed by atoms with Crippen molar-refractivity contribution in [1.29, 1.82) is 0 Å². The van der Waals surface area contributed by atoms with E-state index >= 15 is 0 Å². The first-order valence-corrected chi connectivity index (χ1v) is 6.13. The van der Waals surface area contributed by atoms with Crippen LogP contribution in [0.2, 0.25) is 5.02 Å². The summed E-state index contributed by atoms with van der Waals surface area (Å²) in [5.74, 6) is -1.33. The Morgan fingerprint density at radius 1 is 1.29 bits per heavy atom. The quantitative estimate of drug-likeness (QED) is 0.875. The molecule has 0 heterocycles. The van der Waals surface area contributed by atoms with Crippen molar-refractivity contribution in [3.05, 3.63) is 34.6 Å². The molecule has 0 atom stereocenters. The molecule has 1 aliphatic carbocycles. The van der Waals surface area contributed by atoms with Crippen LogP contribution < -0.4 is 0 Å². The molecule has 1 N–H and O–H groups in total. The summed E-state index contributed by atoms with van der Waals surface area (Å²) in [5.41, 5.74) is -0.580. The minimum atomic E-state index is -1.00. The first kappa shape index (κ1) is 12.4. The molecule has 0 unspecified atom stereocenters. The van der Waals surface area contributed by atoms with E-state index in [9.17, 15) is 14.3 Å². The first-order chi connectivity index (χ1) is 8.06. The summed E-state index contributed by atoms with van der Waals surface area (Å²) in [7, 11) is 0. The van der Waals surface area contributed by atoms with Crippen LogP contribution in [0.5, 0.6) is 0 Å². The zero-order valence-corrected chi connectivity index (χ0v) is 10.1. The summed E-state index contributed by atoms with van der Waals surface area (Å²) < 4.78 is 13.3. The minimum absolute atomic E-state index is 0.343. The number of carboxylic acids is 1. The molecule has 92 valence electrons. The Morgan fingerprint density at radius 2 is 1.94 bits per heavy atom. The van der Waals surface area contributed by atoms with Gasteiger partial charge in [-0.1, -0.05) is 30.9 Å². The fraction of sp³-hybridized carbons (Fsp3) is 0.462. The molecule has 0 saturated heterocycles. The number of halogens is 2. The monoisotopic (exact) mass is 256 g/mol. The van der Waals surface area contributed by atoms with Crippen LogP contribution in [-0.4, -0.2) is 11.1 Å². The van der Waals surface area contributed by atoms with Gasteiger partial charge in [0.1, 0.15) is 5.82 Å². The van der Waals surface area contributed by atoms with E-state index in [0.717, 1.165) is 19.3 Å². The van der Waals surface area contributed by atoms with Crippen molar-refractivity contribution in [2.24, 2.45) is 0 Å². The summed E-state index contributed by atoms with van der Waals surface area (Å²) >= 11 is 6.03. The molecule has 2 nitrogen and oxygen atoms in total. The number of carbonyl (C=O) groups is 1. The Labute approximate surface area is 104 Å². The summed E-state index contributed by atoms with van der Waals surface area (Å²) in [5, 5.41) is 9.82. The van der Waals surface area contributed by atoms with E-state index < -0.39 is 17.2 Å². The van der Waals surface area contributed by atoms with Gasteiger partial charge in [0, 0.05) is 5.02 Å². The lowest BCUT2D eigenvalue weighted by atomic mass is 9.69. The van der Waals surface area contributed by atoms with Crippen molar-refractivity contribution in [3.8, 4) is 0 Å². The summed E-state index contributed by atoms with van der Waals surface area (Å²) in [6.07, 6.45) is 3.79. The second kappa shape index (κ2) is 4.65. The predicted octanol–water partition coefficient (Wildman–Crippen LogP) is 3.77. The molecular weight excluding hydrogens is 243 g/mol. The molecule has 0 amide bonds. The second-order valence-electron chi connectivity index (χ2n) is 4.57. The molecule has 0 spiro atoms. The van der Waals surface area contributed by atoms with Gasteiger partial charge in [0.15, 0.2) is 0 Å². The fourth-order valence-electron chi connectivity index (χ4n) is 2.62. The number of hydrogen-bond acceptors (Lipinski definition) is 1. The normalized spacial score (nSPS) is 18.9. The van der Waals surface area contributed by atoms with Gasteiger partial charge in [-0.3, -0.25) is 4.79 Å². The van der Waals surface area contributed by atoms with Crippen LogP contribution in [0, 0.1) is 5.82 Å². The van der Waals surface area contributed by atoms with Crippen molar-refractivity contribution in [2.75, 3.05) is 0 Å². The van der Waals surface area contributed by atoms with Gasteiger partial charge in [-0.2, -0.15) is 0 Å². The lowest BCUT2D eigenvalue weighted by Crippen LogP contribution is -2.38. The maximum atomic E-state index is 13.3. The van der Waals surface area contributed by atoms with Crippen LogP contribution in [0.3, 0.4) is 0 Å². The van der Waals surface area contributed by atoms with E-state index in [2.05, 4.69) is 0 Å². The van der Waals surface area contributed by atoms with E-state index in [4.69, 9.17) is 11.6 Å². The van der Waals surface area contributed by atoms with Crippen LogP contribution in [0.25, 0.3) is 0 Å². The van der Waals surface area contributed by atoms with E-state index in [1.165, 1.54) is 18.2 Å². The Bertz CT molecular complexity index is 439. The van der Waals surface area contributed by atoms with Gasteiger partial charge in [0.2, 0.25) is 0 Å². The van der Waals surface area contributed by atoms with Crippen molar-refractivity contribution >= 4 is 17.6 Å². The van der Waals surface area contributed by atoms with E-state index in [1.807, 2.05) is 0 Å². The zero-order valence-electron chi connectivity index (χ0n) is 9.38. The lowest BCUT2D eigenvalue weighted by molar-refractivity contribution is -0.145. The van der Waals surface area contributed by atoms with Crippen LogP contribution in [0.4, 0.5) is 4.39 Å². The van der Waals surface area contributed by atoms with E-state index in [1.54, 1.807) is 0 Å². The van der Waals surface area contributed by atoms with Crippen LogP contribution >= 0.6 is 11.6 Å². The van der Waals surface area contributed by atoms with Crippen molar-refractivity contribution in [2.45, 2.75) is 37.5 Å². The van der Waals surface area contributed by atoms with Gasteiger partial charge in [0.25, 0.3) is 0 Å². The molecular formula is C13H14ClFO2. The SMILES string of the molecule is O=C(O)C1(c2cc(F)ccc2Cl)CCCCC1. The van der Waals surface area contributed by atoms with Gasteiger partial charge in [-0.25, -0.2) is 4.39 Å². The topological polar surface area (TPSA) is 37.3 Å². The molecule has 1 aliphatic rings. The Hall–Kier alpha value is -1.09. The molecule has 0 aliphatic heterocycles. The van der Waals surface area contributed by atoms with Crippen LogP contribution in [0.15, 0.2) is 18.2 Å². The van der Waals surface area contributed by atoms with Crippen LogP contribution in [0.1, 0.15) is 37.7 Å². The number of carboxylic acid groups (broad SMARTS) is 1.